The molecule has 0 aliphatic carbocycles. The average molecular weight is 291 g/mol. The predicted octanol–water partition coefficient (Wildman–Crippen LogP) is 4.56. The van der Waals surface area contributed by atoms with Crippen LogP contribution < -0.4 is 0 Å². The van der Waals surface area contributed by atoms with Crippen molar-refractivity contribution in [1.82, 2.24) is 0 Å². The molecular weight excluding hydrogens is 276 g/mol. The molecule has 0 bridgehead atoms. The molecule has 88 valence electrons. The van der Waals surface area contributed by atoms with Gasteiger partial charge in [-0.25, -0.2) is 0 Å². The zero-order chi connectivity index (χ0) is 12.3. The SMILES string of the molecule is CCC(O)c1cc(-c2ccccc2)ccc1Br. The van der Waals surface area contributed by atoms with Gasteiger partial charge < -0.3 is 5.11 Å². The number of aliphatic hydroxyl groups is 1. The number of halogens is 1. The lowest BCUT2D eigenvalue weighted by Gasteiger charge is -2.12. The molecule has 0 spiro atoms. The van der Waals surface area contributed by atoms with Crippen LogP contribution in [0.4, 0.5) is 0 Å². The smallest absolute Gasteiger partial charge is 0.0798 e. The van der Waals surface area contributed by atoms with Crippen LogP contribution in [-0.2, 0) is 0 Å². The Morgan fingerprint density at radius 3 is 2.41 bits per heavy atom. The van der Waals surface area contributed by atoms with Crippen molar-refractivity contribution in [1.29, 1.82) is 0 Å². The molecule has 0 aromatic heterocycles. The summed E-state index contributed by atoms with van der Waals surface area (Å²) in [7, 11) is 0. The van der Waals surface area contributed by atoms with Crippen LogP contribution in [0.25, 0.3) is 11.1 Å². The number of benzene rings is 2. The highest BCUT2D eigenvalue weighted by atomic mass is 79.9. The van der Waals surface area contributed by atoms with E-state index in [0.717, 1.165) is 22.0 Å². The minimum atomic E-state index is -0.409. The zero-order valence-corrected chi connectivity index (χ0v) is 11.3. The Morgan fingerprint density at radius 1 is 1.06 bits per heavy atom. The molecule has 2 heteroatoms. The van der Waals surface area contributed by atoms with Crippen molar-refractivity contribution in [3.05, 3.63) is 58.6 Å². The average Bonchev–Trinajstić information content (AvgIpc) is 2.39. The van der Waals surface area contributed by atoms with Gasteiger partial charge in [0, 0.05) is 4.47 Å². The van der Waals surface area contributed by atoms with Crippen molar-refractivity contribution in [2.45, 2.75) is 19.4 Å². The molecule has 17 heavy (non-hydrogen) atoms. The first-order valence-corrected chi connectivity index (χ1v) is 6.54. The van der Waals surface area contributed by atoms with Crippen LogP contribution in [0.3, 0.4) is 0 Å². The number of hydrogen-bond donors (Lipinski definition) is 1. The lowest BCUT2D eigenvalue weighted by atomic mass is 10.00. The summed E-state index contributed by atoms with van der Waals surface area (Å²) in [4.78, 5) is 0. The van der Waals surface area contributed by atoms with E-state index in [2.05, 4.69) is 34.1 Å². The third kappa shape index (κ3) is 2.76. The predicted molar refractivity (Wildman–Crippen MR) is 74.8 cm³/mol. The van der Waals surface area contributed by atoms with Crippen molar-refractivity contribution in [2.75, 3.05) is 0 Å². The fraction of sp³-hybridized carbons (Fsp3) is 0.200. The van der Waals surface area contributed by atoms with E-state index in [1.54, 1.807) is 0 Å². The van der Waals surface area contributed by atoms with E-state index < -0.39 is 6.10 Å². The molecule has 0 aliphatic heterocycles. The summed E-state index contributed by atoms with van der Waals surface area (Å²) >= 11 is 3.48. The molecule has 1 atom stereocenters. The Morgan fingerprint density at radius 2 is 1.76 bits per heavy atom. The molecular formula is C15H15BrO. The third-order valence-corrected chi connectivity index (χ3v) is 3.57. The van der Waals surface area contributed by atoms with Gasteiger partial charge in [0.25, 0.3) is 0 Å². The van der Waals surface area contributed by atoms with Gasteiger partial charge in [0.15, 0.2) is 0 Å². The quantitative estimate of drug-likeness (QED) is 0.879. The van der Waals surface area contributed by atoms with Gasteiger partial charge in [0.05, 0.1) is 6.10 Å². The minimum Gasteiger partial charge on any atom is -0.388 e. The van der Waals surface area contributed by atoms with Crippen LogP contribution in [-0.4, -0.2) is 5.11 Å². The molecule has 0 saturated heterocycles. The van der Waals surface area contributed by atoms with E-state index >= 15 is 0 Å². The fourth-order valence-corrected chi connectivity index (χ4v) is 2.34. The molecule has 0 saturated carbocycles. The van der Waals surface area contributed by atoms with E-state index in [1.165, 1.54) is 5.56 Å². The lowest BCUT2D eigenvalue weighted by molar-refractivity contribution is 0.173. The van der Waals surface area contributed by atoms with Gasteiger partial charge in [-0.1, -0.05) is 59.3 Å². The molecule has 0 aliphatic rings. The Bertz CT molecular complexity index is 494. The van der Waals surface area contributed by atoms with E-state index in [0.29, 0.717) is 0 Å². The summed E-state index contributed by atoms with van der Waals surface area (Å²) in [5.41, 5.74) is 3.26. The van der Waals surface area contributed by atoms with Crippen molar-refractivity contribution in [3.63, 3.8) is 0 Å². The summed E-state index contributed by atoms with van der Waals surface area (Å²) in [5.74, 6) is 0. The highest BCUT2D eigenvalue weighted by Crippen LogP contribution is 2.30. The van der Waals surface area contributed by atoms with Gasteiger partial charge in [0.1, 0.15) is 0 Å². The number of hydrogen-bond acceptors (Lipinski definition) is 1. The van der Waals surface area contributed by atoms with Gasteiger partial charge in [-0.15, -0.1) is 0 Å². The zero-order valence-electron chi connectivity index (χ0n) is 9.73. The Hall–Kier alpha value is -1.12. The number of aliphatic hydroxyl groups excluding tert-OH is 1. The molecule has 0 radical (unpaired) electrons. The normalized spacial score (nSPS) is 12.4. The van der Waals surface area contributed by atoms with Crippen LogP contribution in [0, 0.1) is 0 Å². The largest absolute Gasteiger partial charge is 0.388 e. The Kier molecular flexibility index (Phi) is 3.97. The lowest BCUT2D eigenvalue weighted by Crippen LogP contribution is -1.96. The topological polar surface area (TPSA) is 20.2 Å². The summed E-state index contributed by atoms with van der Waals surface area (Å²) in [6, 6.07) is 16.3. The standard InChI is InChI=1S/C15H15BrO/c1-2-15(17)13-10-12(8-9-14(13)16)11-6-4-3-5-7-11/h3-10,15,17H,2H2,1H3. The van der Waals surface area contributed by atoms with E-state index in [-0.39, 0.29) is 0 Å². The van der Waals surface area contributed by atoms with Crippen molar-refractivity contribution in [3.8, 4) is 11.1 Å². The van der Waals surface area contributed by atoms with Crippen LogP contribution in [0.5, 0.6) is 0 Å². The first kappa shape index (κ1) is 12.3. The molecule has 1 unspecified atom stereocenters. The Labute approximate surface area is 110 Å². The van der Waals surface area contributed by atoms with Gasteiger partial charge in [-0.05, 0) is 35.2 Å². The van der Waals surface area contributed by atoms with Crippen molar-refractivity contribution < 1.29 is 5.11 Å². The Balaban J connectivity index is 2.44. The first-order valence-electron chi connectivity index (χ1n) is 5.75. The maximum absolute atomic E-state index is 9.95. The van der Waals surface area contributed by atoms with E-state index in [1.807, 2.05) is 37.3 Å². The summed E-state index contributed by atoms with van der Waals surface area (Å²) in [6.45, 7) is 1.98. The fourth-order valence-electron chi connectivity index (χ4n) is 1.83. The molecule has 0 heterocycles. The van der Waals surface area contributed by atoms with E-state index in [4.69, 9.17) is 0 Å². The maximum atomic E-state index is 9.95. The molecule has 2 aromatic carbocycles. The molecule has 2 rings (SSSR count). The highest BCUT2D eigenvalue weighted by Gasteiger charge is 2.10. The van der Waals surface area contributed by atoms with Crippen molar-refractivity contribution in [2.24, 2.45) is 0 Å². The summed E-state index contributed by atoms with van der Waals surface area (Å²) in [5, 5.41) is 9.95. The van der Waals surface area contributed by atoms with Crippen molar-refractivity contribution >= 4 is 15.9 Å². The minimum absolute atomic E-state index is 0.409. The van der Waals surface area contributed by atoms with Crippen LogP contribution in [0.15, 0.2) is 53.0 Å². The van der Waals surface area contributed by atoms with Gasteiger partial charge >= 0.3 is 0 Å². The maximum Gasteiger partial charge on any atom is 0.0798 e. The second-order valence-electron chi connectivity index (χ2n) is 4.03. The molecule has 1 N–H and O–H groups in total. The second-order valence-corrected chi connectivity index (χ2v) is 4.88. The summed E-state index contributed by atoms with van der Waals surface area (Å²) < 4.78 is 0.964. The first-order chi connectivity index (χ1) is 8.22. The van der Waals surface area contributed by atoms with Crippen LogP contribution in [0.2, 0.25) is 0 Å². The van der Waals surface area contributed by atoms with Crippen LogP contribution in [0.1, 0.15) is 25.0 Å². The molecule has 2 aromatic rings. The second kappa shape index (κ2) is 5.48. The van der Waals surface area contributed by atoms with Gasteiger partial charge in [-0.2, -0.15) is 0 Å². The van der Waals surface area contributed by atoms with Crippen LogP contribution >= 0.6 is 15.9 Å². The molecule has 0 fully saturated rings. The van der Waals surface area contributed by atoms with Gasteiger partial charge in [0.2, 0.25) is 0 Å². The van der Waals surface area contributed by atoms with E-state index in [9.17, 15) is 5.11 Å². The van der Waals surface area contributed by atoms with Gasteiger partial charge in [-0.3, -0.25) is 0 Å². The molecule has 1 nitrogen and oxygen atoms in total. The third-order valence-electron chi connectivity index (χ3n) is 2.85. The number of rotatable bonds is 3. The highest BCUT2D eigenvalue weighted by molar-refractivity contribution is 9.10. The summed E-state index contributed by atoms with van der Waals surface area (Å²) in [6.07, 6.45) is 0.310. The monoisotopic (exact) mass is 290 g/mol. The molecule has 0 amide bonds.